The van der Waals surface area contributed by atoms with Gasteiger partial charge in [0.15, 0.2) is 5.75 Å². The average Bonchev–Trinajstić information content (AvgIpc) is 2.43. The highest BCUT2D eigenvalue weighted by Crippen LogP contribution is 2.30. The van der Waals surface area contributed by atoms with E-state index in [1.165, 1.54) is 12.1 Å². The lowest BCUT2D eigenvalue weighted by atomic mass is 10.1. The van der Waals surface area contributed by atoms with Crippen molar-refractivity contribution in [2.75, 3.05) is 19.7 Å². The van der Waals surface area contributed by atoms with E-state index >= 15 is 0 Å². The van der Waals surface area contributed by atoms with Gasteiger partial charge < -0.3 is 14.8 Å². The van der Waals surface area contributed by atoms with Crippen LogP contribution in [-0.4, -0.2) is 36.3 Å². The molecule has 1 aromatic carbocycles. The Morgan fingerprint density at radius 1 is 1.62 bits per heavy atom. The molecule has 1 heterocycles. The van der Waals surface area contributed by atoms with Crippen molar-refractivity contribution in [2.45, 2.75) is 25.6 Å². The monoisotopic (exact) mass is 291 g/mol. The summed E-state index contributed by atoms with van der Waals surface area (Å²) in [5.74, 6) is 0.0889. The van der Waals surface area contributed by atoms with Gasteiger partial charge in [-0.3, -0.25) is 10.1 Å². The number of morpholine rings is 1. The van der Waals surface area contributed by atoms with Gasteiger partial charge in [0.2, 0.25) is 0 Å². The maximum atomic E-state index is 11.1. The zero-order valence-corrected chi connectivity index (χ0v) is 12.0. The highest BCUT2D eigenvalue weighted by Gasteiger charge is 2.29. The lowest BCUT2D eigenvalue weighted by molar-refractivity contribution is -0.386. The minimum absolute atomic E-state index is 0.0134. The Morgan fingerprint density at radius 2 is 2.38 bits per heavy atom. The molecule has 0 radical (unpaired) electrons. The zero-order valence-electron chi connectivity index (χ0n) is 12.0. The first-order valence-corrected chi connectivity index (χ1v) is 6.62. The molecule has 1 fully saturated rings. The molecule has 7 heteroatoms. The summed E-state index contributed by atoms with van der Waals surface area (Å²) in [6, 6.07) is 6.25. The van der Waals surface area contributed by atoms with Gasteiger partial charge in [-0.25, -0.2) is 0 Å². The molecule has 0 aliphatic carbocycles. The Kier molecular flexibility index (Phi) is 4.40. The Balaban J connectivity index is 2.10. The molecule has 0 saturated carbocycles. The van der Waals surface area contributed by atoms with E-state index in [0.717, 1.165) is 6.54 Å². The molecule has 1 atom stereocenters. The highest BCUT2D eigenvalue weighted by atomic mass is 16.6. The van der Waals surface area contributed by atoms with Gasteiger partial charge in [0.05, 0.1) is 10.5 Å². The Morgan fingerprint density at radius 3 is 3.00 bits per heavy atom. The summed E-state index contributed by atoms with van der Waals surface area (Å²) in [4.78, 5) is 10.5. The number of nitro groups is 1. The van der Waals surface area contributed by atoms with Crippen LogP contribution in [0.3, 0.4) is 0 Å². The smallest absolute Gasteiger partial charge is 0.328 e. The number of nitriles is 1. The van der Waals surface area contributed by atoms with Gasteiger partial charge in [-0.2, -0.15) is 5.26 Å². The molecule has 2 rings (SSSR count). The van der Waals surface area contributed by atoms with E-state index in [-0.39, 0.29) is 35.3 Å². The number of nitrogens with one attached hydrogen (secondary N) is 1. The van der Waals surface area contributed by atoms with E-state index in [2.05, 4.69) is 5.32 Å². The molecule has 1 saturated heterocycles. The Hall–Kier alpha value is -2.17. The van der Waals surface area contributed by atoms with E-state index in [1.807, 2.05) is 13.8 Å². The van der Waals surface area contributed by atoms with E-state index in [4.69, 9.17) is 14.7 Å². The van der Waals surface area contributed by atoms with Crippen LogP contribution in [0.15, 0.2) is 18.2 Å². The minimum atomic E-state index is -0.599. The molecule has 21 heavy (non-hydrogen) atoms. The van der Waals surface area contributed by atoms with Crippen molar-refractivity contribution in [3.05, 3.63) is 33.9 Å². The first-order chi connectivity index (χ1) is 9.93. The number of hydrogen-bond donors (Lipinski definition) is 1. The number of nitro benzene ring substituents is 1. The predicted molar refractivity (Wildman–Crippen MR) is 75.1 cm³/mol. The summed E-state index contributed by atoms with van der Waals surface area (Å²) in [6.07, 6.45) is -0.195. The van der Waals surface area contributed by atoms with Gasteiger partial charge in [0, 0.05) is 13.1 Å². The quantitative estimate of drug-likeness (QED) is 0.668. The second kappa shape index (κ2) is 6.08. The molecule has 1 unspecified atom stereocenters. The number of para-hydroxylation sites is 1. The molecular weight excluding hydrogens is 274 g/mol. The van der Waals surface area contributed by atoms with E-state index in [9.17, 15) is 10.1 Å². The molecule has 0 amide bonds. The van der Waals surface area contributed by atoms with Crippen molar-refractivity contribution in [3.63, 3.8) is 0 Å². The number of benzene rings is 1. The first-order valence-electron chi connectivity index (χ1n) is 6.62. The maximum absolute atomic E-state index is 11.1. The van der Waals surface area contributed by atoms with Crippen LogP contribution in [0.2, 0.25) is 0 Å². The van der Waals surface area contributed by atoms with E-state index < -0.39 is 4.92 Å². The highest BCUT2D eigenvalue weighted by molar-refractivity contribution is 5.57. The predicted octanol–water partition coefficient (Wildman–Crippen LogP) is 1.61. The van der Waals surface area contributed by atoms with Crippen LogP contribution in [0, 0.1) is 21.4 Å². The number of rotatable bonds is 4. The van der Waals surface area contributed by atoms with Gasteiger partial charge in [-0.05, 0) is 26.0 Å². The van der Waals surface area contributed by atoms with Crippen molar-refractivity contribution in [2.24, 2.45) is 0 Å². The normalized spacial score (nSPS) is 20.5. The van der Waals surface area contributed by atoms with Gasteiger partial charge >= 0.3 is 5.69 Å². The van der Waals surface area contributed by atoms with E-state index in [1.54, 1.807) is 12.1 Å². The van der Waals surface area contributed by atoms with Crippen LogP contribution in [0.5, 0.6) is 5.75 Å². The van der Waals surface area contributed by atoms with Crippen LogP contribution in [-0.2, 0) is 4.74 Å². The number of nitrogens with zero attached hydrogens (tertiary/aromatic N) is 2. The molecular formula is C14H17N3O4. The molecule has 0 spiro atoms. The van der Waals surface area contributed by atoms with Crippen LogP contribution in [0.4, 0.5) is 5.69 Å². The number of hydrogen-bond acceptors (Lipinski definition) is 6. The number of ether oxygens (including phenoxy) is 2. The summed E-state index contributed by atoms with van der Waals surface area (Å²) in [7, 11) is 0. The van der Waals surface area contributed by atoms with Gasteiger partial charge in [-0.1, -0.05) is 6.07 Å². The lowest BCUT2D eigenvalue weighted by Crippen LogP contribution is -2.52. The van der Waals surface area contributed by atoms with Crippen LogP contribution in [0.25, 0.3) is 0 Å². The molecule has 1 aromatic rings. The molecule has 112 valence electrons. The average molecular weight is 291 g/mol. The zero-order chi connectivity index (χ0) is 15.5. The molecule has 1 aliphatic rings. The van der Waals surface area contributed by atoms with Crippen molar-refractivity contribution < 1.29 is 14.4 Å². The summed E-state index contributed by atoms with van der Waals surface area (Å²) in [5.41, 5.74) is -0.615. The first kappa shape index (κ1) is 15.2. The SMILES string of the molecule is CC1(C)CNCC(COc2cccc(C#N)c2[N+](=O)[O-])O1. The third kappa shape index (κ3) is 3.68. The molecule has 1 aliphatic heterocycles. The molecule has 1 N–H and O–H groups in total. The van der Waals surface area contributed by atoms with Gasteiger partial charge in [-0.15, -0.1) is 0 Å². The largest absolute Gasteiger partial charge is 0.484 e. The molecule has 7 nitrogen and oxygen atoms in total. The summed E-state index contributed by atoms with van der Waals surface area (Å²) < 4.78 is 11.3. The van der Waals surface area contributed by atoms with Crippen molar-refractivity contribution >= 4 is 5.69 Å². The van der Waals surface area contributed by atoms with Crippen molar-refractivity contribution in [1.29, 1.82) is 5.26 Å². The fraction of sp³-hybridized carbons (Fsp3) is 0.500. The summed E-state index contributed by atoms with van der Waals surface area (Å²) in [5, 5.41) is 23.2. The third-order valence-corrected chi connectivity index (χ3v) is 3.14. The van der Waals surface area contributed by atoms with Crippen LogP contribution >= 0.6 is 0 Å². The standard InChI is InChI=1S/C14H17N3O4/c1-14(2)9-16-7-11(21-14)8-20-12-5-3-4-10(6-15)13(12)17(18)19/h3-5,11,16H,7-9H2,1-2H3. The summed E-state index contributed by atoms with van der Waals surface area (Å²) in [6.45, 7) is 5.48. The third-order valence-electron chi connectivity index (χ3n) is 3.14. The molecule has 0 bridgehead atoms. The Bertz CT molecular complexity index is 580. The van der Waals surface area contributed by atoms with Gasteiger partial charge in [0.25, 0.3) is 0 Å². The fourth-order valence-electron chi connectivity index (χ4n) is 2.26. The fourth-order valence-corrected chi connectivity index (χ4v) is 2.26. The van der Waals surface area contributed by atoms with E-state index in [0.29, 0.717) is 6.54 Å². The van der Waals surface area contributed by atoms with Gasteiger partial charge in [0.1, 0.15) is 24.3 Å². The summed E-state index contributed by atoms with van der Waals surface area (Å²) >= 11 is 0. The second-order valence-electron chi connectivity index (χ2n) is 5.46. The minimum Gasteiger partial charge on any atom is -0.484 e. The van der Waals surface area contributed by atoms with Crippen molar-refractivity contribution in [3.8, 4) is 11.8 Å². The topological polar surface area (TPSA) is 97.4 Å². The maximum Gasteiger partial charge on any atom is 0.328 e. The Labute approximate surface area is 122 Å². The molecule has 0 aromatic heterocycles. The van der Waals surface area contributed by atoms with Crippen LogP contribution in [0.1, 0.15) is 19.4 Å². The van der Waals surface area contributed by atoms with Crippen LogP contribution < -0.4 is 10.1 Å². The lowest BCUT2D eigenvalue weighted by Gasteiger charge is -2.36. The second-order valence-corrected chi connectivity index (χ2v) is 5.46. The van der Waals surface area contributed by atoms with Crippen molar-refractivity contribution in [1.82, 2.24) is 5.32 Å².